The van der Waals surface area contributed by atoms with Crippen molar-refractivity contribution in [1.29, 1.82) is 0 Å². The minimum absolute atomic E-state index is 0.0158. The fourth-order valence-corrected chi connectivity index (χ4v) is 2.81. The van der Waals surface area contributed by atoms with Gasteiger partial charge in [-0.2, -0.15) is 0 Å². The molecule has 0 aliphatic rings. The lowest BCUT2D eigenvalue weighted by atomic mass is 10.1. The van der Waals surface area contributed by atoms with Crippen LogP contribution in [0.15, 0.2) is 48.8 Å². The van der Waals surface area contributed by atoms with E-state index in [1.54, 1.807) is 24.3 Å². The Bertz CT molecular complexity index is 1050. The Morgan fingerprint density at radius 1 is 0.931 bits per heavy atom. The van der Waals surface area contributed by atoms with E-state index in [1.807, 2.05) is 39.0 Å². The molecule has 0 aliphatic carbocycles. The van der Waals surface area contributed by atoms with Crippen LogP contribution >= 0.6 is 0 Å². The minimum Gasteiger partial charge on any atom is -0.334 e. The Labute approximate surface area is 167 Å². The molecule has 2 aromatic carbocycles. The van der Waals surface area contributed by atoms with Crippen LogP contribution in [0.3, 0.4) is 0 Å². The average Bonchev–Trinajstić information content (AvgIpc) is 2.65. The van der Waals surface area contributed by atoms with E-state index in [4.69, 9.17) is 0 Å². The van der Waals surface area contributed by atoms with Crippen molar-refractivity contribution in [3.8, 4) is 0 Å². The van der Waals surface area contributed by atoms with E-state index in [9.17, 15) is 14.9 Å². The number of nitrogens with zero attached hydrogens (tertiary/aromatic N) is 3. The largest absolute Gasteiger partial charge is 0.355 e. The molecule has 148 valence electrons. The molecule has 0 spiro atoms. The number of amides is 1. The Morgan fingerprint density at radius 3 is 2.17 bits per heavy atom. The van der Waals surface area contributed by atoms with E-state index in [1.165, 1.54) is 6.33 Å². The van der Waals surface area contributed by atoms with Gasteiger partial charge in [0.2, 0.25) is 11.6 Å². The number of carbonyl (C=O) groups is 1. The van der Waals surface area contributed by atoms with Gasteiger partial charge in [0.25, 0.3) is 5.91 Å². The van der Waals surface area contributed by atoms with Gasteiger partial charge in [-0.25, -0.2) is 9.97 Å². The number of nitro groups is 1. The average molecular weight is 392 g/mol. The number of hydrogen-bond donors (Lipinski definition) is 3. The fourth-order valence-electron chi connectivity index (χ4n) is 2.81. The predicted molar refractivity (Wildman–Crippen MR) is 110 cm³/mol. The Balaban J connectivity index is 1.83. The number of aromatic nitrogens is 2. The topological polar surface area (TPSA) is 122 Å². The second-order valence-corrected chi connectivity index (χ2v) is 6.62. The van der Waals surface area contributed by atoms with Crippen molar-refractivity contribution in [1.82, 2.24) is 15.4 Å². The van der Waals surface area contributed by atoms with Gasteiger partial charge in [-0.05, 0) is 56.2 Å². The number of nitrogens with one attached hydrogen (secondary N) is 3. The molecule has 0 bridgehead atoms. The van der Waals surface area contributed by atoms with E-state index < -0.39 is 10.8 Å². The van der Waals surface area contributed by atoms with Gasteiger partial charge in [-0.1, -0.05) is 23.8 Å². The van der Waals surface area contributed by atoms with Crippen LogP contribution in [-0.2, 0) is 0 Å². The second-order valence-electron chi connectivity index (χ2n) is 6.62. The smallest absolute Gasteiger partial charge is 0.334 e. The summed E-state index contributed by atoms with van der Waals surface area (Å²) in [4.78, 5) is 31.2. The van der Waals surface area contributed by atoms with Gasteiger partial charge in [0.1, 0.15) is 6.33 Å². The number of hydrogen-bond acceptors (Lipinski definition) is 7. The first-order chi connectivity index (χ1) is 13.8. The zero-order chi connectivity index (χ0) is 21.0. The van der Waals surface area contributed by atoms with Gasteiger partial charge >= 0.3 is 5.69 Å². The van der Waals surface area contributed by atoms with Crippen molar-refractivity contribution < 1.29 is 9.72 Å². The van der Waals surface area contributed by atoms with Gasteiger partial charge < -0.3 is 5.32 Å². The second kappa shape index (κ2) is 8.34. The molecule has 0 radical (unpaired) electrons. The van der Waals surface area contributed by atoms with Crippen molar-refractivity contribution in [3.05, 3.63) is 81.2 Å². The third-order valence-electron chi connectivity index (χ3n) is 4.10. The molecular weight excluding hydrogens is 372 g/mol. The summed E-state index contributed by atoms with van der Waals surface area (Å²) in [6, 6.07) is 12.6. The van der Waals surface area contributed by atoms with Crippen molar-refractivity contribution in [2.45, 2.75) is 20.8 Å². The summed E-state index contributed by atoms with van der Waals surface area (Å²) in [7, 11) is 0. The summed E-state index contributed by atoms with van der Waals surface area (Å²) >= 11 is 0. The third kappa shape index (κ3) is 4.83. The highest BCUT2D eigenvalue weighted by Gasteiger charge is 2.24. The lowest BCUT2D eigenvalue weighted by molar-refractivity contribution is -0.383. The van der Waals surface area contributed by atoms with Crippen molar-refractivity contribution in [2.75, 3.05) is 10.7 Å². The number of aryl methyl sites for hydroxylation is 3. The molecule has 9 nitrogen and oxygen atoms in total. The molecule has 0 atom stereocenters. The summed E-state index contributed by atoms with van der Waals surface area (Å²) in [5.74, 6) is -0.554. The maximum Gasteiger partial charge on any atom is 0.355 e. The summed E-state index contributed by atoms with van der Waals surface area (Å²) in [5.41, 5.74) is 8.68. The summed E-state index contributed by atoms with van der Waals surface area (Å²) in [6.45, 7) is 5.77. The lowest BCUT2D eigenvalue weighted by Crippen LogP contribution is -2.30. The van der Waals surface area contributed by atoms with Crippen LogP contribution in [-0.4, -0.2) is 20.8 Å². The lowest BCUT2D eigenvalue weighted by Gasteiger charge is -2.12. The molecule has 3 rings (SSSR count). The van der Waals surface area contributed by atoms with Crippen molar-refractivity contribution in [2.24, 2.45) is 0 Å². The molecule has 1 amide bonds. The maximum absolute atomic E-state index is 12.3. The molecule has 0 saturated carbocycles. The Hall–Kier alpha value is -4.01. The van der Waals surface area contributed by atoms with Gasteiger partial charge in [-0.3, -0.25) is 25.8 Å². The van der Waals surface area contributed by atoms with Crippen molar-refractivity contribution in [3.63, 3.8) is 0 Å². The van der Waals surface area contributed by atoms with E-state index in [-0.39, 0.29) is 17.3 Å². The molecule has 0 aliphatic heterocycles. The maximum atomic E-state index is 12.3. The zero-order valence-corrected chi connectivity index (χ0v) is 16.2. The number of carbonyl (C=O) groups excluding carboxylic acids is 1. The van der Waals surface area contributed by atoms with Crippen LogP contribution in [0.25, 0.3) is 0 Å². The number of benzene rings is 2. The highest BCUT2D eigenvalue weighted by Crippen LogP contribution is 2.31. The van der Waals surface area contributed by atoms with Crippen LogP contribution in [0.5, 0.6) is 0 Å². The third-order valence-corrected chi connectivity index (χ3v) is 4.10. The van der Waals surface area contributed by atoms with Crippen LogP contribution in [0.2, 0.25) is 0 Å². The van der Waals surface area contributed by atoms with Crippen LogP contribution in [0.1, 0.15) is 27.0 Å². The van der Waals surface area contributed by atoms with E-state index in [0.717, 1.165) is 16.7 Å². The highest BCUT2D eigenvalue weighted by molar-refractivity contribution is 5.95. The Morgan fingerprint density at radius 2 is 1.55 bits per heavy atom. The van der Waals surface area contributed by atoms with Crippen molar-refractivity contribution >= 4 is 28.9 Å². The molecule has 9 heteroatoms. The normalized spacial score (nSPS) is 10.3. The predicted octanol–water partition coefficient (Wildman–Crippen LogP) is 3.81. The van der Waals surface area contributed by atoms with E-state index in [2.05, 4.69) is 26.1 Å². The number of anilines is 3. The fraction of sp³-hybridized carbons (Fsp3) is 0.150. The van der Waals surface area contributed by atoms with Gasteiger partial charge in [0, 0.05) is 11.3 Å². The number of hydrazine groups is 1. The quantitative estimate of drug-likeness (QED) is 0.431. The van der Waals surface area contributed by atoms with Gasteiger partial charge in [-0.15, -0.1) is 0 Å². The standard InChI is InChI=1S/C20H20N6O3/c1-12-4-6-15(7-5-12)20(27)25-24-19-17(26(28)29)18(21-11-22-19)23-16-9-13(2)8-14(3)10-16/h4-11H,1-3H3,(H,25,27)(H2,21,22,23,24). The van der Waals surface area contributed by atoms with Gasteiger partial charge in [0.15, 0.2) is 0 Å². The molecular formula is C20H20N6O3. The molecule has 3 N–H and O–H groups in total. The molecule has 1 aromatic heterocycles. The molecule has 0 saturated heterocycles. The summed E-state index contributed by atoms with van der Waals surface area (Å²) in [6.07, 6.45) is 1.18. The summed E-state index contributed by atoms with van der Waals surface area (Å²) in [5, 5.41) is 14.6. The SMILES string of the molecule is Cc1ccc(C(=O)NNc2ncnc(Nc3cc(C)cc(C)c3)c2[N+](=O)[O-])cc1. The first-order valence-corrected chi connectivity index (χ1v) is 8.81. The van der Waals surface area contributed by atoms with Crippen LogP contribution in [0.4, 0.5) is 23.0 Å². The molecule has 0 fully saturated rings. The zero-order valence-electron chi connectivity index (χ0n) is 16.2. The Kier molecular flexibility index (Phi) is 5.68. The monoisotopic (exact) mass is 392 g/mol. The van der Waals surface area contributed by atoms with Crippen LogP contribution in [0, 0.1) is 30.9 Å². The minimum atomic E-state index is -0.606. The van der Waals surface area contributed by atoms with E-state index >= 15 is 0 Å². The first-order valence-electron chi connectivity index (χ1n) is 8.81. The molecule has 1 heterocycles. The highest BCUT2D eigenvalue weighted by atomic mass is 16.6. The van der Waals surface area contributed by atoms with Crippen LogP contribution < -0.4 is 16.2 Å². The number of rotatable bonds is 6. The summed E-state index contributed by atoms with van der Waals surface area (Å²) < 4.78 is 0. The van der Waals surface area contributed by atoms with E-state index in [0.29, 0.717) is 11.3 Å². The first kappa shape index (κ1) is 19.7. The molecule has 3 aromatic rings. The molecule has 29 heavy (non-hydrogen) atoms. The van der Waals surface area contributed by atoms with Gasteiger partial charge in [0.05, 0.1) is 4.92 Å². The molecule has 0 unspecified atom stereocenters.